The number of carbonyl (C=O) groups excluding carboxylic acids is 1. The zero-order valence-electron chi connectivity index (χ0n) is 12.9. The van der Waals surface area contributed by atoms with E-state index in [0.29, 0.717) is 19.0 Å². The predicted molar refractivity (Wildman–Crippen MR) is 81.9 cm³/mol. The molecule has 1 aromatic rings. The van der Waals surface area contributed by atoms with E-state index in [1.54, 1.807) is 7.11 Å². The fourth-order valence-corrected chi connectivity index (χ4v) is 2.00. The molecule has 1 aromatic carbocycles. The Labute approximate surface area is 121 Å². The molecule has 4 heteroatoms. The summed E-state index contributed by atoms with van der Waals surface area (Å²) in [5.41, 5.74) is 1.11. The van der Waals surface area contributed by atoms with Crippen molar-refractivity contribution in [3.8, 4) is 5.75 Å². The van der Waals surface area contributed by atoms with Gasteiger partial charge in [-0.25, -0.2) is 0 Å². The molecule has 0 saturated carbocycles. The molecule has 0 bridgehead atoms. The second-order valence-electron chi connectivity index (χ2n) is 5.16. The zero-order chi connectivity index (χ0) is 15.0. The van der Waals surface area contributed by atoms with Crippen molar-refractivity contribution in [1.82, 2.24) is 10.6 Å². The number of hydrogen-bond acceptors (Lipinski definition) is 3. The standard InChI is InChI=1S/C16H26N2O2/c1-5-15(13-6-8-14(20-4)9-7-13)18-16(19)10-11-17-12(2)3/h6-9,12,15,17H,5,10-11H2,1-4H3,(H,18,19). The highest BCUT2D eigenvalue weighted by molar-refractivity contribution is 5.76. The van der Waals surface area contributed by atoms with Crippen LogP contribution < -0.4 is 15.4 Å². The smallest absolute Gasteiger partial charge is 0.221 e. The summed E-state index contributed by atoms with van der Waals surface area (Å²) in [5.74, 6) is 0.914. The Bertz CT molecular complexity index is 401. The van der Waals surface area contributed by atoms with Crippen molar-refractivity contribution in [1.29, 1.82) is 0 Å². The SMILES string of the molecule is CCC(NC(=O)CCNC(C)C)c1ccc(OC)cc1. The summed E-state index contributed by atoms with van der Waals surface area (Å²) in [6.07, 6.45) is 1.38. The van der Waals surface area contributed by atoms with E-state index in [4.69, 9.17) is 4.74 Å². The minimum absolute atomic E-state index is 0.0625. The monoisotopic (exact) mass is 278 g/mol. The normalized spacial score (nSPS) is 12.2. The van der Waals surface area contributed by atoms with E-state index in [0.717, 1.165) is 17.7 Å². The maximum absolute atomic E-state index is 11.9. The van der Waals surface area contributed by atoms with Crippen LogP contribution in [0.2, 0.25) is 0 Å². The quantitative estimate of drug-likeness (QED) is 0.768. The van der Waals surface area contributed by atoms with Crippen LogP contribution in [-0.4, -0.2) is 25.6 Å². The average Bonchev–Trinajstić information content (AvgIpc) is 2.44. The van der Waals surface area contributed by atoms with Gasteiger partial charge in [0.1, 0.15) is 5.75 Å². The third-order valence-electron chi connectivity index (χ3n) is 3.17. The number of carbonyl (C=O) groups is 1. The van der Waals surface area contributed by atoms with Crippen molar-refractivity contribution in [3.05, 3.63) is 29.8 Å². The van der Waals surface area contributed by atoms with E-state index in [1.165, 1.54) is 0 Å². The van der Waals surface area contributed by atoms with Gasteiger partial charge in [0.05, 0.1) is 13.2 Å². The van der Waals surface area contributed by atoms with E-state index >= 15 is 0 Å². The van der Waals surface area contributed by atoms with Gasteiger partial charge >= 0.3 is 0 Å². The van der Waals surface area contributed by atoms with Crippen LogP contribution in [0.25, 0.3) is 0 Å². The molecule has 1 unspecified atom stereocenters. The second kappa shape index (κ2) is 8.59. The van der Waals surface area contributed by atoms with Crippen molar-refractivity contribution in [2.45, 2.75) is 45.7 Å². The van der Waals surface area contributed by atoms with Gasteiger partial charge in [-0.3, -0.25) is 4.79 Å². The van der Waals surface area contributed by atoms with Crippen molar-refractivity contribution in [3.63, 3.8) is 0 Å². The Hall–Kier alpha value is -1.55. The lowest BCUT2D eigenvalue weighted by molar-refractivity contribution is -0.121. The Balaban J connectivity index is 2.50. The molecule has 1 rings (SSSR count). The van der Waals surface area contributed by atoms with E-state index in [2.05, 4.69) is 31.4 Å². The summed E-state index contributed by atoms with van der Waals surface area (Å²) in [6.45, 7) is 6.93. The number of hydrogen-bond donors (Lipinski definition) is 2. The summed E-state index contributed by atoms with van der Waals surface area (Å²) in [4.78, 5) is 11.9. The summed E-state index contributed by atoms with van der Waals surface area (Å²) < 4.78 is 5.14. The molecule has 0 saturated heterocycles. The molecule has 112 valence electrons. The van der Waals surface area contributed by atoms with Crippen LogP contribution in [0, 0.1) is 0 Å². The van der Waals surface area contributed by atoms with Gasteiger partial charge in [0, 0.05) is 19.0 Å². The molecular weight excluding hydrogens is 252 g/mol. The molecule has 0 fully saturated rings. The van der Waals surface area contributed by atoms with Crippen LogP contribution >= 0.6 is 0 Å². The molecule has 0 aliphatic carbocycles. The first-order valence-electron chi connectivity index (χ1n) is 7.23. The van der Waals surface area contributed by atoms with Crippen molar-refractivity contribution < 1.29 is 9.53 Å². The topological polar surface area (TPSA) is 50.4 Å². The fourth-order valence-electron chi connectivity index (χ4n) is 2.00. The van der Waals surface area contributed by atoms with E-state index in [1.807, 2.05) is 24.3 Å². The number of nitrogens with one attached hydrogen (secondary N) is 2. The Morgan fingerprint density at radius 1 is 1.25 bits per heavy atom. The lowest BCUT2D eigenvalue weighted by Gasteiger charge is -2.18. The summed E-state index contributed by atoms with van der Waals surface area (Å²) in [5, 5.41) is 6.32. The average molecular weight is 278 g/mol. The molecule has 0 spiro atoms. The van der Waals surface area contributed by atoms with Crippen molar-refractivity contribution in [2.24, 2.45) is 0 Å². The number of methoxy groups -OCH3 is 1. The van der Waals surface area contributed by atoms with Crippen LogP contribution in [0.4, 0.5) is 0 Å². The lowest BCUT2D eigenvalue weighted by atomic mass is 10.0. The minimum Gasteiger partial charge on any atom is -0.497 e. The van der Waals surface area contributed by atoms with Crippen molar-refractivity contribution in [2.75, 3.05) is 13.7 Å². The van der Waals surface area contributed by atoms with Gasteiger partial charge in [-0.05, 0) is 24.1 Å². The first-order valence-corrected chi connectivity index (χ1v) is 7.23. The summed E-state index contributed by atoms with van der Waals surface area (Å²) >= 11 is 0. The zero-order valence-corrected chi connectivity index (χ0v) is 12.9. The van der Waals surface area contributed by atoms with Gasteiger partial charge in [-0.1, -0.05) is 32.9 Å². The third kappa shape index (κ3) is 5.61. The first-order chi connectivity index (χ1) is 9.56. The van der Waals surface area contributed by atoms with E-state index in [9.17, 15) is 4.79 Å². The maximum atomic E-state index is 11.9. The van der Waals surface area contributed by atoms with Gasteiger partial charge in [-0.2, -0.15) is 0 Å². The highest BCUT2D eigenvalue weighted by Gasteiger charge is 2.12. The van der Waals surface area contributed by atoms with E-state index in [-0.39, 0.29) is 11.9 Å². The summed E-state index contributed by atoms with van der Waals surface area (Å²) in [6, 6.07) is 8.31. The Kier molecular flexibility index (Phi) is 7.09. The fraction of sp³-hybridized carbons (Fsp3) is 0.562. The van der Waals surface area contributed by atoms with Gasteiger partial charge in [0.2, 0.25) is 5.91 Å². The molecule has 1 atom stereocenters. The highest BCUT2D eigenvalue weighted by atomic mass is 16.5. The molecule has 0 aliphatic heterocycles. The first kappa shape index (κ1) is 16.5. The number of benzene rings is 1. The molecule has 2 N–H and O–H groups in total. The van der Waals surface area contributed by atoms with Gasteiger partial charge < -0.3 is 15.4 Å². The summed E-state index contributed by atoms with van der Waals surface area (Å²) in [7, 11) is 1.65. The third-order valence-corrected chi connectivity index (χ3v) is 3.17. The van der Waals surface area contributed by atoms with Crippen molar-refractivity contribution >= 4 is 5.91 Å². The van der Waals surface area contributed by atoms with Gasteiger partial charge in [0.25, 0.3) is 0 Å². The number of rotatable bonds is 8. The molecule has 0 aromatic heterocycles. The number of amides is 1. The number of ether oxygens (including phenoxy) is 1. The Morgan fingerprint density at radius 2 is 1.90 bits per heavy atom. The second-order valence-corrected chi connectivity index (χ2v) is 5.16. The molecule has 1 amide bonds. The molecule has 4 nitrogen and oxygen atoms in total. The molecule has 0 heterocycles. The van der Waals surface area contributed by atoms with Crippen LogP contribution in [0.1, 0.15) is 45.2 Å². The van der Waals surface area contributed by atoms with Gasteiger partial charge in [-0.15, -0.1) is 0 Å². The predicted octanol–water partition coefficient (Wildman–Crippen LogP) is 2.65. The Morgan fingerprint density at radius 3 is 2.40 bits per heavy atom. The van der Waals surface area contributed by atoms with Crippen LogP contribution in [0.5, 0.6) is 5.75 Å². The molecule has 0 radical (unpaired) electrons. The largest absolute Gasteiger partial charge is 0.497 e. The molecule has 0 aliphatic rings. The molecular formula is C16H26N2O2. The maximum Gasteiger partial charge on any atom is 0.221 e. The van der Waals surface area contributed by atoms with Crippen LogP contribution in [0.3, 0.4) is 0 Å². The highest BCUT2D eigenvalue weighted by Crippen LogP contribution is 2.20. The molecule has 20 heavy (non-hydrogen) atoms. The van der Waals surface area contributed by atoms with Crippen LogP contribution in [0.15, 0.2) is 24.3 Å². The van der Waals surface area contributed by atoms with Gasteiger partial charge in [0.15, 0.2) is 0 Å². The lowest BCUT2D eigenvalue weighted by Crippen LogP contribution is -2.32. The van der Waals surface area contributed by atoms with Crippen LogP contribution in [-0.2, 0) is 4.79 Å². The van der Waals surface area contributed by atoms with E-state index < -0.39 is 0 Å². The minimum atomic E-state index is 0.0625.